The number of ether oxygens (including phenoxy) is 2. The third-order valence-corrected chi connectivity index (χ3v) is 6.32. The van der Waals surface area contributed by atoms with Crippen LogP contribution in [0, 0.1) is 27.7 Å². The van der Waals surface area contributed by atoms with Crippen molar-refractivity contribution in [1.82, 2.24) is 9.96 Å². The number of rotatable bonds is 6. The summed E-state index contributed by atoms with van der Waals surface area (Å²) >= 11 is 0. The van der Waals surface area contributed by atoms with E-state index in [1.54, 1.807) is 21.3 Å². The molecule has 29 heavy (non-hydrogen) atoms. The normalized spacial score (nSPS) is 16.3. The molecule has 0 N–H and O–H groups in total. The summed E-state index contributed by atoms with van der Waals surface area (Å²) in [6, 6.07) is 2.27. The number of carbonyl (C=O) groups is 1. The van der Waals surface area contributed by atoms with Crippen LogP contribution in [0.5, 0.6) is 0 Å². The lowest BCUT2D eigenvalue weighted by molar-refractivity contribution is -0.180. The van der Waals surface area contributed by atoms with Gasteiger partial charge < -0.3 is 14.3 Å². The monoisotopic (exact) mass is 408 g/mol. The van der Waals surface area contributed by atoms with Crippen molar-refractivity contribution in [3.8, 4) is 0 Å². The van der Waals surface area contributed by atoms with E-state index in [2.05, 4.69) is 43.4 Å². The average molecular weight is 409 g/mol. The molecule has 0 aliphatic carbocycles. The van der Waals surface area contributed by atoms with Crippen molar-refractivity contribution in [3.63, 3.8) is 0 Å². The molecule has 166 valence electrons. The van der Waals surface area contributed by atoms with Gasteiger partial charge in [-0.3, -0.25) is 9.69 Å². The van der Waals surface area contributed by atoms with Crippen molar-refractivity contribution in [2.75, 3.05) is 55.1 Å². The summed E-state index contributed by atoms with van der Waals surface area (Å²) in [5, 5.41) is 1.91. The summed E-state index contributed by atoms with van der Waals surface area (Å²) in [4.78, 5) is 20.2. The maximum absolute atomic E-state index is 12.6. The van der Waals surface area contributed by atoms with Gasteiger partial charge in [0.2, 0.25) is 0 Å². The molecular formula is C23H40N2O4. The fourth-order valence-electron chi connectivity index (χ4n) is 4.19. The molecule has 0 aromatic heterocycles. The van der Waals surface area contributed by atoms with Crippen LogP contribution in [0.1, 0.15) is 40.7 Å². The number of nitrogens with zero attached hydrogens (tertiary/aromatic N) is 2. The molecule has 1 aromatic carbocycles. The fraction of sp³-hybridized carbons (Fsp3) is 0.696. The van der Waals surface area contributed by atoms with Gasteiger partial charge in [0.15, 0.2) is 0 Å². The number of methoxy groups -OCH3 is 2. The SMILES string of the molecule is COC.COC(=O)C1(N(C)CCc2c(C)cc(C)c(C)c2C)CCN(OC)CC1. The molecular weight excluding hydrogens is 368 g/mol. The van der Waals surface area contributed by atoms with E-state index in [1.807, 2.05) is 12.1 Å². The molecule has 0 unspecified atom stereocenters. The van der Waals surface area contributed by atoms with Crippen LogP contribution in [0.25, 0.3) is 0 Å². The Morgan fingerprint density at radius 1 is 1.03 bits per heavy atom. The first-order valence-corrected chi connectivity index (χ1v) is 10.2. The number of esters is 1. The first-order chi connectivity index (χ1) is 13.7. The van der Waals surface area contributed by atoms with Gasteiger partial charge in [-0.25, -0.2) is 0 Å². The Morgan fingerprint density at radius 3 is 2.07 bits per heavy atom. The molecule has 6 heteroatoms. The van der Waals surface area contributed by atoms with Crippen LogP contribution in [0.3, 0.4) is 0 Å². The molecule has 0 saturated carbocycles. The second-order valence-electron chi connectivity index (χ2n) is 7.95. The predicted molar refractivity (Wildman–Crippen MR) is 117 cm³/mol. The average Bonchev–Trinajstić information content (AvgIpc) is 2.71. The Kier molecular flexibility index (Phi) is 10.3. The summed E-state index contributed by atoms with van der Waals surface area (Å²) in [6.45, 7) is 11.0. The molecule has 0 spiro atoms. The van der Waals surface area contributed by atoms with Crippen LogP contribution in [0.15, 0.2) is 6.07 Å². The van der Waals surface area contributed by atoms with Crippen molar-refractivity contribution in [2.24, 2.45) is 0 Å². The van der Waals surface area contributed by atoms with E-state index in [0.717, 1.165) is 38.9 Å². The number of hydrogen-bond donors (Lipinski definition) is 0. The second-order valence-corrected chi connectivity index (χ2v) is 7.95. The lowest BCUT2D eigenvalue weighted by Gasteiger charge is -2.44. The number of benzene rings is 1. The van der Waals surface area contributed by atoms with Gasteiger partial charge in [0.25, 0.3) is 0 Å². The van der Waals surface area contributed by atoms with Gasteiger partial charge in [0, 0.05) is 33.9 Å². The molecule has 6 nitrogen and oxygen atoms in total. The zero-order valence-corrected chi connectivity index (χ0v) is 19.8. The number of carbonyl (C=O) groups excluding carboxylic acids is 1. The van der Waals surface area contributed by atoms with E-state index in [0.29, 0.717) is 0 Å². The lowest BCUT2D eigenvalue weighted by atomic mass is 9.85. The highest BCUT2D eigenvalue weighted by molar-refractivity contribution is 5.81. The van der Waals surface area contributed by atoms with Crippen molar-refractivity contribution in [2.45, 2.75) is 52.5 Å². The van der Waals surface area contributed by atoms with E-state index < -0.39 is 5.54 Å². The molecule has 1 aliphatic heterocycles. The highest BCUT2D eigenvalue weighted by Crippen LogP contribution is 2.30. The standard InChI is InChI=1S/C21H34N2O3.C2H6O/c1-15-14-16(2)19(18(4)17(15)3)8-11-22(5)21(20(24)25-6)9-12-23(26-7)13-10-21;1-3-2/h14H,8-13H2,1-7H3;1-2H3. The van der Waals surface area contributed by atoms with Gasteiger partial charge >= 0.3 is 5.97 Å². The Morgan fingerprint density at radius 2 is 1.59 bits per heavy atom. The summed E-state index contributed by atoms with van der Waals surface area (Å²) < 4.78 is 9.43. The summed E-state index contributed by atoms with van der Waals surface area (Å²) in [6.07, 6.45) is 2.37. The number of hydrogen-bond acceptors (Lipinski definition) is 6. The maximum atomic E-state index is 12.6. The third kappa shape index (κ3) is 6.01. The quantitative estimate of drug-likeness (QED) is 0.674. The smallest absolute Gasteiger partial charge is 0.326 e. The van der Waals surface area contributed by atoms with Gasteiger partial charge in [0.1, 0.15) is 5.54 Å². The Balaban J connectivity index is 0.00000132. The molecule has 1 fully saturated rings. The second kappa shape index (κ2) is 11.6. The minimum absolute atomic E-state index is 0.135. The van der Waals surface area contributed by atoms with Crippen LogP contribution >= 0.6 is 0 Å². The molecule has 0 atom stereocenters. The van der Waals surface area contributed by atoms with Crippen molar-refractivity contribution in [1.29, 1.82) is 0 Å². The van der Waals surface area contributed by atoms with E-state index in [-0.39, 0.29) is 5.97 Å². The van der Waals surface area contributed by atoms with Crippen LogP contribution < -0.4 is 0 Å². The van der Waals surface area contributed by atoms with E-state index >= 15 is 0 Å². The lowest BCUT2D eigenvalue weighted by Crippen LogP contribution is -2.59. The van der Waals surface area contributed by atoms with Gasteiger partial charge in [-0.1, -0.05) is 6.07 Å². The predicted octanol–water partition coefficient (Wildman–Crippen LogP) is 3.23. The highest BCUT2D eigenvalue weighted by atomic mass is 16.7. The van der Waals surface area contributed by atoms with Crippen LogP contribution in [0.2, 0.25) is 0 Å². The van der Waals surface area contributed by atoms with Crippen molar-refractivity contribution < 1.29 is 19.1 Å². The summed E-state index contributed by atoms with van der Waals surface area (Å²) in [7, 11) is 8.46. The Bertz CT molecular complexity index is 667. The molecule has 0 bridgehead atoms. The molecule has 1 aliphatic rings. The largest absolute Gasteiger partial charge is 0.468 e. The highest BCUT2D eigenvalue weighted by Gasteiger charge is 2.45. The molecule has 1 saturated heterocycles. The first-order valence-electron chi connectivity index (χ1n) is 10.2. The summed E-state index contributed by atoms with van der Waals surface area (Å²) in [5.74, 6) is -0.135. The van der Waals surface area contributed by atoms with Gasteiger partial charge in [-0.05, 0) is 81.8 Å². The number of hydroxylamine groups is 2. The fourth-order valence-corrected chi connectivity index (χ4v) is 4.19. The zero-order chi connectivity index (χ0) is 22.2. The first kappa shape index (κ1) is 25.6. The van der Waals surface area contributed by atoms with Crippen molar-refractivity contribution in [3.05, 3.63) is 33.9 Å². The van der Waals surface area contributed by atoms with Gasteiger partial charge in [-0.2, -0.15) is 5.06 Å². The summed E-state index contributed by atoms with van der Waals surface area (Å²) in [5.41, 5.74) is 6.25. The minimum atomic E-state index is -0.564. The minimum Gasteiger partial charge on any atom is -0.468 e. The number of aryl methyl sites for hydroxylation is 2. The van der Waals surface area contributed by atoms with E-state index in [9.17, 15) is 4.79 Å². The Hall–Kier alpha value is -1.47. The van der Waals surface area contributed by atoms with Crippen LogP contribution in [0.4, 0.5) is 0 Å². The zero-order valence-electron chi connectivity index (χ0n) is 19.8. The van der Waals surface area contributed by atoms with Crippen LogP contribution in [-0.4, -0.2) is 76.6 Å². The molecule has 1 heterocycles. The maximum Gasteiger partial charge on any atom is 0.326 e. The van der Waals surface area contributed by atoms with Crippen molar-refractivity contribution >= 4 is 5.97 Å². The number of piperidine rings is 1. The van der Waals surface area contributed by atoms with Gasteiger partial charge in [-0.15, -0.1) is 0 Å². The van der Waals surface area contributed by atoms with Gasteiger partial charge in [0.05, 0.1) is 14.2 Å². The van der Waals surface area contributed by atoms with E-state index in [4.69, 9.17) is 9.57 Å². The molecule has 2 rings (SSSR count). The third-order valence-electron chi connectivity index (χ3n) is 6.32. The number of likely N-dealkylation sites (N-methyl/N-ethyl adjacent to an activating group) is 1. The van der Waals surface area contributed by atoms with E-state index in [1.165, 1.54) is 34.9 Å². The molecule has 0 amide bonds. The molecule has 0 radical (unpaired) electrons. The van der Waals surface area contributed by atoms with Crippen LogP contribution in [-0.2, 0) is 25.5 Å². The molecule has 1 aromatic rings. The Labute approximate surface area is 177 Å². The topological polar surface area (TPSA) is 51.2 Å².